The molecule has 0 saturated heterocycles. The number of aryl methyl sites for hydroxylation is 1. The number of halogens is 1. The first-order valence-electron chi connectivity index (χ1n) is 3.81. The van der Waals surface area contributed by atoms with Crippen LogP contribution in [0.1, 0.15) is 5.89 Å². The summed E-state index contributed by atoms with van der Waals surface area (Å²) in [5.74, 6) is 0.320. The van der Waals surface area contributed by atoms with E-state index in [1.807, 2.05) is 6.26 Å². The molecule has 0 saturated carbocycles. The summed E-state index contributed by atoms with van der Waals surface area (Å²) in [6, 6.07) is 3.08. The van der Waals surface area contributed by atoms with Crippen LogP contribution in [0.5, 0.6) is 0 Å². The van der Waals surface area contributed by atoms with Crippen LogP contribution in [0.3, 0.4) is 0 Å². The van der Waals surface area contributed by atoms with Gasteiger partial charge in [0.25, 0.3) is 0 Å². The first kappa shape index (κ1) is 8.56. The van der Waals surface area contributed by atoms with Crippen molar-refractivity contribution in [1.29, 1.82) is 0 Å². The third-order valence-corrected chi connectivity index (χ3v) is 2.52. The highest BCUT2D eigenvalue weighted by Gasteiger charge is 2.07. The van der Waals surface area contributed by atoms with Gasteiger partial charge in [-0.25, -0.2) is 9.37 Å². The number of oxazole rings is 1. The Hall–Kier alpha value is -1.03. The Morgan fingerprint density at radius 1 is 1.46 bits per heavy atom. The number of aromatic nitrogens is 1. The fourth-order valence-corrected chi connectivity index (χ4v) is 1.68. The van der Waals surface area contributed by atoms with Crippen LogP contribution in [0.4, 0.5) is 4.39 Å². The van der Waals surface area contributed by atoms with Crippen molar-refractivity contribution < 1.29 is 8.81 Å². The summed E-state index contributed by atoms with van der Waals surface area (Å²) < 4.78 is 18.5. The highest BCUT2D eigenvalue weighted by atomic mass is 32.2. The number of nitrogens with zero attached hydrogens (tertiary/aromatic N) is 1. The maximum atomic E-state index is 13.2. The number of thioether (sulfide) groups is 1. The summed E-state index contributed by atoms with van der Waals surface area (Å²) in [5, 5.41) is 0. The molecule has 0 N–H and O–H groups in total. The number of hydrogen-bond acceptors (Lipinski definition) is 3. The Bertz CT molecular complexity index is 452. The molecule has 13 heavy (non-hydrogen) atoms. The minimum absolute atomic E-state index is 0.242. The van der Waals surface area contributed by atoms with E-state index in [9.17, 15) is 4.39 Å². The molecule has 0 radical (unpaired) electrons. The maximum Gasteiger partial charge on any atom is 0.192 e. The van der Waals surface area contributed by atoms with Gasteiger partial charge >= 0.3 is 0 Å². The summed E-state index contributed by atoms with van der Waals surface area (Å²) in [6.07, 6.45) is 1.83. The highest BCUT2D eigenvalue weighted by Crippen LogP contribution is 2.25. The van der Waals surface area contributed by atoms with Crippen LogP contribution in [0.15, 0.2) is 21.4 Å². The van der Waals surface area contributed by atoms with Crippen LogP contribution < -0.4 is 0 Å². The van der Waals surface area contributed by atoms with Crippen molar-refractivity contribution in [3.63, 3.8) is 0 Å². The Kier molecular flexibility index (Phi) is 2.00. The molecular formula is C9H8FNOS. The number of rotatable bonds is 1. The molecule has 0 bridgehead atoms. The molecule has 0 aliphatic rings. The summed E-state index contributed by atoms with van der Waals surface area (Å²) in [5.41, 5.74) is 1.22. The molecule has 0 atom stereocenters. The summed E-state index contributed by atoms with van der Waals surface area (Å²) in [7, 11) is 0. The van der Waals surface area contributed by atoms with Crippen molar-refractivity contribution in [3.05, 3.63) is 23.8 Å². The van der Waals surface area contributed by atoms with E-state index in [1.165, 1.54) is 17.8 Å². The van der Waals surface area contributed by atoms with Crippen LogP contribution in [-0.2, 0) is 0 Å². The Labute approximate surface area is 79.1 Å². The molecule has 0 aliphatic heterocycles. The Balaban J connectivity index is 2.72. The van der Waals surface area contributed by atoms with Gasteiger partial charge in [0.1, 0.15) is 11.3 Å². The van der Waals surface area contributed by atoms with Crippen molar-refractivity contribution in [2.24, 2.45) is 0 Å². The minimum atomic E-state index is -0.242. The summed E-state index contributed by atoms with van der Waals surface area (Å²) in [6.45, 7) is 1.75. The maximum absolute atomic E-state index is 13.2. The van der Waals surface area contributed by atoms with Gasteiger partial charge in [-0.15, -0.1) is 11.8 Å². The lowest BCUT2D eigenvalue weighted by Gasteiger charge is -1.96. The second-order valence-corrected chi connectivity index (χ2v) is 3.54. The molecule has 2 rings (SSSR count). The molecular weight excluding hydrogens is 189 g/mol. The van der Waals surface area contributed by atoms with Crippen LogP contribution in [0.2, 0.25) is 0 Å². The van der Waals surface area contributed by atoms with Crippen LogP contribution in [-0.4, -0.2) is 11.2 Å². The molecule has 2 nitrogen and oxygen atoms in total. The smallest absolute Gasteiger partial charge is 0.192 e. The van der Waals surface area contributed by atoms with Crippen molar-refractivity contribution in [1.82, 2.24) is 4.98 Å². The van der Waals surface area contributed by atoms with Gasteiger partial charge in [-0.05, 0) is 12.3 Å². The van der Waals surface area contributed by atoms with Gasteiger partial charge in [0.15, 0.2) is 11.5 Å². The predicted molar refractivity (Wildman–Crippen MR) is 50.5 cm³/mol. The summed E-state index contributed by atoms with van der Waals surface area (Å²) >= 11 is 1.36. The van der Waals surface area contributed by atoms with E-state index >= 15 is 0 Å². The summed E-state index contributed by atoms with van der Waals surface area (Å²) in [4.78, 5) is 4.62. The first-order valence-corrected chi connectivity index (χ1v) is 5.04. The van der Waals surface area contributed by atoms with Crippen LogP contribution in [0, 0.1) is 12.7 Å². The predicted octanol–water partition coefficient (Wildman–Crippen LogP) is 3.00. The minimum Gasteiger partial charge on any atom is -0.441 e. The fraction of sp³-hybridized carbons (Fsp3) is 0.222. The second-order valence-electron chi connectivity index (χ2n) is 2.69. The first-order chi connectivity index (χ1) is 6.20. The molecule has 2 aromatic rings. The van der Waals surface area contributed by atoms with Crippen molar-refractivity contribution in [3.8, 4) is 0 Å². The van der Waals surface area contributed by atoms with Crippen LogP contribution >= 0.6 is 11.8 Å². The quantitative estimate of drug-likeness (QED) is 0.657. The number of fused-ring (bicyclic) bond motifs is 1. The van der Waals surface area contributed by atoms with Gasteiger partial charge in [-0.1, -0.05) is 0 Å². The lowest BCUT2D eigenvalue weighted by molar-refractivity contribution is 0.558. The van der Waals surface area contributed by atoms with E-state index in [2.05, 4.69) is 4.98 Å². The normalized spacial score (nSPS) is 11.0. The largest absolute Gasteiger partial charge is 0.441 e. The number of benzene rings is 1. The van der Waals surface area contributed by atoms with E-state index in [1.54, 1.807) is 13.0 Å². The van der Waals surface area contributed by atoms with Gasteiger partial charge in [0.2, 0.25) is 0 Å². The zero-order valence-electron chi connectivity index (χ0n) is 7.30. The molecule has 0 spiro atoms. The van der Waals surface area contributed by atoms with Crippen molar-refractivity contribution >= 4 is 22.9 Å². The zero-order chi connectivity index (χ0) is 9.42. The standard InChI is InChI=1S/C9H8FNOS/c1-5-11-7-3-6(10)9(13-2)4-8(7)12-5/h3-4H,1-2H3. The molecule has 0 fully saturated rings. The lowest BCUT2D eigenvalue weighted by atomic mass is 10.3. The van der Waals surface area contributed by atoms with Gasteiger partial charge < -0.3 is 4.42 Å². The molecule has 68 valence electrons. The van der Waals surface area contributed by atoms with Crippen LogP contribution in [0.25, 0.3) is 11.1 Å². The third kappa shape index (κ3) is 1.42. The van der Waals surface area contributed by atoms with Gasteiger partial charge in [-0.3, -0.25) is 0 Å². The molecule has 1 heterocycles. The molecule has 0 amide bonds. The fourth-order valence-electron chi connectivity index (χ4n) is 1.20. The van der Waals surface area contributed by atoms with E-state index in [0.29, 0.717) is 21.9 Å². The third-order valence-electron chi connectivity index (χ3n) is 1.77. The lowest BCUT2D eigenvalue weighted by Crippen LogP contribution is -1.79. The van der Waals surface area contributed by atoms with E-state index < -0.39 is 0 Å². The topological polar surface area (TPSA) is 26.0 Å². The second kappa shape index (κ2) is 3.03. The van der Waals surface area contributed by atoms with E-state index in [-0.39, 0.29) is 5.82 Å². The monoisotopic (exact) mass is 197 g/mol. The highest BCUT2D eigenvalue weighted by molar-refractivity contribution is 7.98. The average Bonchev–Trinajstić information content (AvgIpc) is 2.42. The van der Waals surface area contributed by atoms with Gasteiger partial charge in [0, 0.05) is 17.9 Å². The van der Waals surface area contributed by atoms with Gasteiger partial charge in [-0.2, -0.15) is 0 Å². The molecule has 0 unspecified atom stereocenters. The molecule has 1 aromatic heterocycles. The van der Waals surface area contributed by atoms with E-state index in [4.69, 9.17) is 4.42 Å². The van der Waals surface area contributed by atoms with Crippen molar-refractivity contribution in [2.75, 3.05) is 6.26 Å². The average molecular weight is 197 g/mol. The number of hydrogen-bond donors (Lipinski definition) is 0. The SMILES string of the molecule is CSc1cc2oc(C)nc2cc1F. The molecule has 1 aromatic carbocycles. The molecule has 4 heteroatoms. The van der Waals surface area contributed by atoms with E-state index in [0.717, 1.165) is 0 Å². The van der Waals surface area contributed by atoms with Crippen molar-refractivity contribution in [2.45, 2.75) is 11.8 Å². The Morgan fingerprint density at radius 3 is 2.92 bits per heavy atom. The van der Waals surface area contributed by atoms with Gasteiger partial charge in [0.05, 0.1) is 0 Å². The zero-order valence-corrected chi connectivity index (χ0v) is 8.11. The Morgan fingerprint density at radius 2 is 2.23 bits per heavy atom. The molecule has 0 aliphatic carbocycles.